The summed E-state index contributed by atoms with van der Waals surface area (Å²) in [7, 11) is 6.12. The fraction of sp³-hybridized carbons (Fsp3) is 0.524. The smallest absolute Gasteiger partial charge is 0.194 e. The van der Waals surface area contributed by atoms with Gasteiger partial charge in [0.2, 0.25) is 0 Å². The second-order valence-corrected chi connectivity index (χ2v) is 8.01. The van der Waals surface area contributed by atoms with E-state index in [9.17, 15) is 0 Å². The van der Waals surface area contributed by atoms with Gasteiger partial charge in [-0.3, -0.25) is 9.67 Å². The zero-order chi connectivity index (χ0) is 20.8. The standard InChI is InChI=1S/C21H32ClN7.HI/c1-5-23-21(24-15-20(26(2)3)17-14-25-27(4)16-17)29-11-9-28(10-12-29)19-8-6-7-18(22)13-19;/h6-8,13-14,16,20H,5,9-12,15H2,1-4H3,(H,23,24);1H. The van der Waals surface area contributed by atoms with Crippen LogP contribution in [0.4, 0.5) is 5.69 Å². The zero-order valence-corrected chi connectivity index (χ0v) is 21.3. The van der Waals surface area contributed by atoms with E-state index >= 15 is 0 Å². The van der Waals surface area contributed by atoms with Gasteiger partial charge in [-0.25, -0.2) is 0 Å². The van der Waals surface area contributed by atoms with Crippen molar-refractivity contribution in [3.63, 3.8) is 0 Å². The fourth-order valence-electron chi connectivity index (χ4n) is 3.63. The lowest BCUT2D eigenvalue weighted by Gasteiger charge is -2.38. The van der Waals surface area contributed by atoms with E-state index in [2.05, 4.69) is 58.4 Å². The van der Waals surface area contributed by atoms with Crippen LogP contribution in [0.25, 0.3) is 0 Å². The van der Waals surface area contributed by atoms with E-state index in [0.717, 1.165) is 43.7 Å². The first-order valence-corrected chi connectivity index (χ1v) is 10.5. The van der Waals surface area contributed by atoms with Crippen LogP contribution in [0, 0.1) is 0 Å². The highest BCUT2D eigenvalue weighted by atomic mass is 127. The minimum Gasteiger partial charge on any atom is -0.368 e. The number of piperazine rings is 1. The third-order valence-corrected chi connectivity index (χ3v) is 5.47. The number of aryl methyl sites for hydroxylation is 1. The quantitative estimate of drug-likeness (QED) is 0.344. The molecule has 2 heterocycles. The number of rotatable bonds is 6. The van der Waals surface area contributed by atoms with Crippen LogP contribution in [-0.2, 0) is 7.05 Å². The first-order valence-electron chi connectivity index (χ1n) is 10.2. The van der Waals surface area contributed by atoms with Gasteiger partial charge in [-0.2, -0.15) is 5.10 Å². The Kier molecular flexibility index (Phi) is 9.70. The van der Waals surface area contributed by atoms with E-state index in [0.29, 0.717) is 6.54 Å². The zero-order valence-electron chi connectivity index (χ0n) is 18.3. The Morgan fingerprint density at radius 2 is 2.00 bits per heavy atom. The molecule has 0 radical (unpaired) electrons. The maximum atomic E-state index is 6.16. The molecule has 30 heavy (non-hydrogen) atoms. The summed E-state index contributed by atoms with van der Waals surface area (Å²) in [6.07, 6.45) is 3.99. The number of nitrogens with one attached hydrogen (secondary N) is 1. The van der Waals surface area contributed by atoms with Crippen molar-refractivity contribution in [2.24, 2.45) is 12.0 Å². The van der Waals surface area contributed by atoms with Crippen molar-refractivity contribution in [3.8, 4) is 0 Å². The van der Waals surface area contributed by atoms with Gasteiger partial charge in [0, 0.05) is 62.2 Å². The molecule has 9 heteroatoms. The number of hydrogen-bond acceptors (Lipinski definition) is 4. The molecule has 0 aliphatic carbocycles. The van der Waals surface area contributed by atoms with E-state index in [1.54, 1.807) is 0 Å². The summed E-state index contributed by atoms with van der Waals surface area (Å²) in [5.74, 6) is 0.981. The number of hydrogen-bond donors (Lipinski definition) is 1. The largest absolute Gasteiger partial charge is 0.368 e. The van der Waals surface area contributed by atoms with Crippen molar-refractivity contribution in [1.29, 1.82) is 0 Å². The van der Waals surface area contributed by atoms with Crippen molar-refractivity contribution in [3.05, 3.63) is 47.2 Å². The van der Waals surface area contributed by atoms with Crippen LogP contribution in [0.2, 0.25) is 5.02 Å². The predicted molar refractivity (Wildman–Crippen MR) is 136 cm³/mol. The van der Waals surface area contributed by atoms with Crippen LogP contribution in [0.3, 0.4) is 0 Å². The Bertz CT molecular complexity index is 815. The molecule has 1 aliphatic heterocycles. The molecule has 1 unspecified atom stereocenters. The van der Waals surface area contributed by atoms with Crippen LogP contribution < -0.4 is 10.2 Å². The van der Waals surface area contributed by atoms with Crippen molar-refractivity contribution < 1.29 is 0 Å². The van der Waals surface area contributed by atoms with Crippen molar-refractivity contribution in [2.75, 3.05) is 58.3 Å². The maximum absolute atomic E-state index is 6.16. The molecule has 0 saturated carbocycles. The number of likely N-dealkylation sites (N-methyl/N-ethyl adjacent to an activating group) is 1. The Labute approximate surface area is 202 Å². The molecule has 1 N–H and O–H groups in total. The van der Waals surface area contributed by atoms with E-state index in [1.807, 2.05) is 36.1 Å². The topological polar surface area (TPSA) is 51.9 Å². The highest BCUT2D eigenvalue weighted by molar-refractivity contribution is 14.0. The molecule has 1 aromatic heterocycles. The SMILES string of the molecule is CCNC(=NCC(c1cnn(C)c1)N(C)C)N1CCN(c2cccc(Cl)c2)CC1.I. The molecule has 1 saturated heterocycles. The van der Waals surface area contributed by atoms with Crippen LogP contribution in [0.5, 0.6) is 0 Å². The Morgan fingerprint density at radius 1 is 1.27 bits per heavy atom. The maximum Gasteiger partial charge on any atom is 0.194 e. The third-order valence-electron chi connectivity index (χ3n) is 5.23. The van der Waals surface area contributed by atoms with Crippen LogP contribution >= 0.6 is 35.6 Å². The minimum absolute atomic E-state index is 0. The molecule has 7 nitrogen and oxygen atoms in total. The first kappa shape index (κ1) is 24.7. The van der Waals surface area contributed by atoms with Crippen LogP contribution in [0.15, 0.2) is 41.7 Å². The number of anilines is 1. The molecule has 3 rings (SSSR count). The van der Waals surface area contributed by atoms with E-state index in [1.165, 1.54) is 11.3 Å². The van der Waals surface area contributed by atoms with Gasteiger partial charge in [0.15, 0.2) is 5.96 Å². The highest BCUT2D eigenvalue weighted by Crippen LogP contribution is 2.21. The van der Waals surface area contributed by atoms with Crippen LogP contribution in [0.1, 0.15) is 18.5 Å². The lowest BCUT2D eigenvalue weighted by molar-refractivity contribution is 0.303. The normalized spacial score (nSPS) is 15.9. The summed E-state index contributed by atoms with van der Waals surface area (Å²) < 4.78 is 1.84. The van der Waals surface area contributed by atoms with Gasteiger partial charge in [-0.15, -0.1) is 24.0 Å². The van der Waals surface area contributed by atoms with Gasteiger partial charge in [-0.1, -0.05) is 17.7 Å². The summed E-state index contributed by atoms with van der Waals surface area (Å²) in [5, 5.41) is 8.56. The Balaban J connectivity index is 0.00000320. The summed E-state index contributed by atoms with van der Waals surface area (Å²) in [6.45, 7) is 7.41. The molecule has 0 bridgehead atoms. The number of aromatic nitrogens is 2. The number of halogens is 2. The summed E-state index contributed by atoms with van der Waals surface area (Å²) >= 11 is 6.16. The number of guanidine groups is 1. The number of nitrogens with zero attached hydrogens (tertiary/aromatic N) is 6. The van der Waals surface area contributed by atoms with Gasteiger partial charge in [0.1, 0.15) is 0 Å². The molecule has 1 aromatic carbocycles. The van der Waals surface area contributed by atoms with Gasteiger partial charge < -0.3 is 20.0 Å². The first-order chi connectivity index (χ1) is 14.0. The van der Waals surface area contributed by atoms with Gasteiger partial charge in [0.25, 0.3) is 0 Å². The molecule has 0 spiro atoms. The highest BCUT2D eigenvalue weighted by Gasteiger charge is 2.21. The third kappa shape index (κ3) is 6.49. The lowest BCUT2D eigenvalue weighted by Crippen LogP contribution is -2.52. The van der Waals surface area contributed by atoms with E-state index < -0.39 is 0 Å². The number of benzene rings is 1. The van der Waals surface area contributed by atoms with E-state index in [-0.39, 0.29) is 30.0 Å². The van der Waals surface area contributed by atoms with Gasteiger partial charge in [0.05, 0.1) is 18.8 Å². The molecule has 1 atom stereocenters. The second kappa shape index (κ2) is 11.8. The molecular weight excluding hydrogens is 513 g/mol. The average Bonchev–Trinajstić information content (AvgIpc) is 3.13. The Morgan fingerprint density at radius 3 is 2.57 bits per heavy atom. The molecule has 2 aromatic rings. The van der Waals surface area contributed by atoms with Crippen molar-refractivity contribution in [1.82, 2.24) is 24.9 Å². The predicted octanol–water partition coefficient (Wildman–Crippen LogP) is 3.08. The molecule has 1 fully saturated rings. The molecule has 166 valence electrons. The van der Waals surface area contributed by atoms with E-state index in [4.69, 9.17) is 16.6 Å². The monoisotopic (exact) mass is 545 g/mol. The average molecular weight is 546 g/mol. The van der Waals surface area contributed by atoms with Gasteiger partial charge in [-0.05, 0) is 39.2 Å². The summed E-state index contributed by atoms with van der Waals surface area (Å²) in [5.41, 5.74) is 2.37. The molecule has 0 amide bonds. The van der Waals surface area contributed by atoms with Crippen molar-refractivity contribution in [2.45, 2.75) is 13.0 Å². The summed E-state index contributed by atoms with van der Waals surface area (Å²) in [6, 6.07) is 8.28. The number of aliphatic imine (C=N–C) groups is 1. The molecule has 1 aliphatic rings. The minimum atomic E-state index is 0. The van der Waals surface area contributed by atoms with Crippen molar-refractivity contribution >= 4 is 47.2 Å². The summed E-state index contributed by atoms with van der Waals surface area (Å²) in [4.78, 5) is 11.9. The Hall–Kier alpha value is -1.52. The fourth-order valence-corrected chi connectivity index (χ4v) is 3.81. The van der Waals surface area contributed by atoms with Crippen LogP contribution in [-0.4, -0.2) is 78.9 Å². The molecular formula is C21H33ClIN7. The van der Waals surface area contributed by atoms with Gasteiger partial charge >= 0.3 is 0 Å². The lowest BCUT2D eigenvalue weighted by atomic mass is 10.1. The second-order valence-electron chi connectivity index (χ2n) is 7.58.